The number of hydrogen-bond acceptors (Lipinski definition) is 5. The fourth-order valence-electron chi connectivity index (χ4n) is 0.866. The molecule has 1 unspecified atom stereocenters. The number of carbonyl (C=O) groups excluding carboxylic acids is 2. The van der Waals surface area contributed by atoms with Crippen molar-refractivity contribution >= 4 is 11.9 Å². The lowest BCUT2D eigenvalue weighted by molar-refractivity contribution is -0.139. The minimum atomic E-state index is -0.347. The van der Waals surface area contributed by atoms with E-state index in [2.05, 4.69) is 37.0 Å². The Bertz CT molecular complexity index is 392. The minimum Gasteiger partial charge on any atom is -0.466 e. The molecule has 1 atom stereocenters. The lowest BCUT2D eigenvalue weighted by Gasteiger charge is -1.99. The first-order valence-corrected chi connectivity index (χ1v) is 7.09. The molecule has 1 fully saturated rings. The number of epoxide rings is 1. The van der Waals surface area contributed by atoms with E-state index in [-0.39, 0.29) is 18.0 Å². The Morgan fingerprint density at radius 1 is 1.23 bits per heavy atom. The second-order valence-electron chi connectivity index (χ2n) is 4.58. The number of ether oxygens (including phenoxy) is 3. The Balaban J connectivity index is 0. The summed E-state index contributed by atoms with van der Waals surface area (Å²) in [4.78, 5) is 20.9. The summed E-state index contributed by atoms with van der Waals surface area (Å²) in [5.41, 5.74) is 0.864. The number of esters is 2. The van der Waals surface area contributed by atoms with Crippen LogP contribution >= 0.6 is 0 Å². The van der Waals surface area contributed by atoms with E-state index in [9.17, 15) is 9.59 Å². The maximum Gasteiger partial charge on any atom is 0.333 e. The van der Waals surface area contributed by atoms with Gasteiger partial charge >= 0.3 is 11.9 Å². The predicted molar refractivity (Wildman–Crippen MR) is 87.4 cm³/mol. The third-order valence-electron chi connectivity index (χ3n) is 2.16. The van der Waals surface area contributed by atoms with Crippen LogP contribution in [-0.2, 0) is 23.8 Å². The molecule has 0 aromatic heterocycles. The summed E-state index contributed by atoms with van der Waals surface area (Å²) in [7, 11) is 1.33. The highest BCUT2D eigenvalue weighted by atomic mass is 16.6. The first-order chi connectivity index (χ1) is 10.3. The first kappa shape index (κ1) is 22.4. The normalized spacial score (nSPS) is 14.7. The van der Waals surface area contributed by atoms with Gasteiger partial charge in [0.25, 0.3) is 0 Å². The molecule has 5 nitrogen and oxygen atoms in total. The summed E-state index contributed by atoms with van der Waals surface area (Å²) in [6.45, 7) is 15.2. The molecule has 126 valence electrons. The summed E-state index contributed by atoms with van der Waals surface area (Å²) in [5, 5.41) is 0. The molecule has 1 aliphatic heterocycles. The van der Waals surface area contributed by atoms with E-state index in [1.54, 1.807) is 13.8 Å². The Labute approximate surface area is 133 Å². The van der Waals surface area contributed by atoms with E-state index >= 15 is 0 Å². The van der Waals surface area contributed by atoms with Crippen molar-refractivity contribution in [3.05, 3.63) is 36.5 Å². The van der Waals surface area contributed by atoms with Crippen LogP contribution in [0.5, 0.6) is 0 Å². The van der Waals surface area contributed by atoms with E-state index in [0.29, 0.717) is 24.4 Å². The maximum absolute atomic E-state index is 10.7. The van der Waals surface area contributed by atoms with Crippen LogP contribution in [-0.4, -0.2) is 38.4 Å². The number of carbonyl (C=O) groups is 2. The molecule has 0 spiro atoms. The predicted octanol–water partition coefficient (Wildman–Crippen LogP) is 3.21. The Hall–Kier alpha value is -1.88. The van der Waals surface area contributed by atoms with Gasteiger partial charge in [-0.25, -0.2) is 9.59 Å². The number of rotatable bonds is 5. The largest absolute Gasteiger partial charge is 0.466 e. The fourth-order valence-corrected chi connectivity index (χ4v) is 0.866. The van der Waals surface area contributed by atoms with Gasteiger partial charge in [-0.15, -0.1) is 0 Å². The fraction of sp³-hybridized carbons (Fsp3) is 0.529. The molecule has 5 heteroatoms. The van der Waals surface area contributed by atoms with Gasteiger partial charge in [0.2, 0.25) is 0 Å². The van der Waals surface area contributed by atoms with Crippen LogP contribution in [0, 0.1) is 0 Å². The molecular formula is C17H28O5. The SMILES string of the molecule is C=C(C)C(=O)OC.C=C(C)C(=O)OCC1CO1.CC=CCC. The molecule has 0 aromatic rings. The first-order valence-electron chi connectivity index (χ1n) is 7.09. The van der Waals surface area contributed by atoms with Crippen LogP contribution in [0.4, 0.5) is 0 Å². The van der Waals surface area contributed by atoms with Crippen molar-refractivity contribution in [2.45, 2.75) is 40.2 Å². The van der Waals surface area contributed by atoms with Crippen molar-refractivity contribution in [2.75, 3.05) is 20.3 Å². The monoisotopic (exact) mass is 312 g/mol. The van der Waals surface area contributed by atoms with Crippen molar-refractivity contribution < 1.29 is 23.8 Å². The number of methoxy groups -OCH3 is 1. The van der Waals surface area contributed by atoms with Crippen LogP contribution < -0.4 is 0 Å². The third kappa shape index (κ3) is 16.2. The van der Waals surface area contributed by atoms with E-state index in [0.717, 1.165) is 6.42 Å². The van der Waals surface area contributed by atoms with Gasteiger partial charge < -0.3 is 14.2 Å². The van der Waals surface area contributed by atoms with E-state index in [4.69, 9.17) is 9.47 Å². The van der Waals surface area contributed by atoms with Gasteiger partial charge in [-0.1, -0.05) is 32.2 Å². The Morgan fingerprint density at radius 3 is 1.91 bits per heavy atom. The standard InChI is InChI=1S/C7H10O3.C5H8O2.C5H10/c1-5(2)7(8)10-4-6-3-9-6;1-4(2)5(6)7-3;1-3-5-4-2/h6H,1,3-4H2,2H3;1H2,2-3H3;3,5H,4H2,1-2H3. The Kier molecular flexibility index (Phi) is 14.3. The highest BCUT2D eigenvalue weighted by Gasteiger charge is 2.24. The molecule has 22 heavy (non-hydrogen) atoms. The lowest BCUT2D eigenvalue weighted by Crippen LogP contribution is -2.09. The van der Waals surface area contributed by atoms with Gasteiger partial charge in [-0.3, -0.25) is 0 Å². The van der Waals surface area contributed by atoms with Gasteiger partial charge in [0.05, 0.1) is 13.7 Å². The molecule has 0 aliphatic carbocycles. The molecule has 1 saturated heterocycles. The second-order valence-corrected chi connectivity index (χ2v) is 4.58. The van der Waals surface area contributed by atoms with Crippen LogP contribution in [0.2, 0.25) is 0 Å². The molecule has 1 aliphatic rings. The summed E-state index contributed by atoms with van der Waals surface area (Å²) in [6.07, 6.45) is 5.49. The van der Waals surface area contributed by atoms with Crippen molar-refractivity contribution in [3.8, 4) is 0 Å². The number of allylic oxidation sites excluding steroid dienone is 2. The average molecular weight is 312 g/mol. The van der Waals surface area contributed by atoms with Crippen LogP contribution in [0.15, 0.2) is 36.5 Å². The molecule has 0 bridgehead atoms. The van der Waals surface area contributed by atoms with Crippen LogP contribution in [0.1, 0.15) is 34.1 Å². The van der Waals surface area contributed by atoms with Crippen molar-refractivity contribution in [1.82, 2.24) is 0 Å². The van der Waals surface area contributed by atoms with Gasteiger partial charge in [-0.2, -0.15) is 0 Å². The van der Waals surface area contributed by atoms with E-state index in [1.807, 2.05) is 6.92 Å². The highest BCUT2D eigenvalue weighted by molar-refractivity contribution is 5.87. The maximum atomic E-state index is 10.7. The minimum absolute atomic E-state index is 0.142. The van der Waals surface area contributed by atoms with Crippen molar-refractivity contribution in [2.24, 2.45) is 0 Å². The van der Waals surface area contributed by atoms with Gasteiger partial charge in [-0.05, 0) is 27.2 Å². The molecular weight excluding hydrogens is 284 g/mol. The molecule has 0 aromatic carbocycles. The quantitative estimate of drug-likeness (QED) is 0.337. The van der Waals surface area contributed by atoms with Crippen LogP contribution in [0.25, 0.3) is 0 Å². The van der Waals surface area contributed by atoms with Crippen LogP contribution in [0.3, 0.4) is 0 Å². The average Bonchev–Trinajstić information content (AvgIpc) is 3.30. The zero-order chi connectivity index (χ0) is 17.5. The summed E-state index contributed by atoms with van der Waals surface area (Å²) in [5.74, 6) is -0.685. The topological polar surface area (TPSA) is 65.1 Å². The van der Waals surface area contributed by atoms with Crippen molar-refractivity contribution in [1.29, 1.82) is 0 Å². The number of hydrogen-bond donors (Lipinski definition) is 0. The summed E-state index contributed by atoms with van der Waals surface area (Å²) >= 11 is 0. The smallest absolute Gasteiger partial charge is 0.333 e. The Morgan fingerprint density at radius 2 is 1.73 bits per heavy atom. The molecule has 1 rings (SSSR count). The van der Waals surface area contributed by atoms with E-state index in [1.165, 1.54) is 7.11 Å². The molecule has 0 saturated carbocycles. The second kappa shape index (κ2) is 14.1. The molecule has 0 N–H and O–H groups in total. The van der Waals surface area contributed by atoms with Gasteiger partial charge in [0, 0.05) is 11.1 Å². The van der Waals surface area contributed by atoms with Gasteiger partial charge in [0.1, 0.15) is 12.7 Å². The lowest BCUT2D eigenvalue weighted by atomic mass is 10.4. The molecule has 1 heterocycles. The zero-order valence-electron chi connectivity index (χ0n) is 14.3. The zero-order valence-corrected chi connectivity index (χ0v) is 14.3. The summed E-state index contributed by atoms with van der Waals surface area (Å²) < 4.78 is 13.9. The molecule has 0 radical (unpaired) electrons. The third-order valence-corrected chi connectivity index (χ3v) is 2.16. The highest BCUT2D eigenvalue weighted by Crippen LogP contribution is 2.09. The summed E-state index contributed by atoms with van der Waals surface area (Å²) in [6, 6.07) is 0. The van der Waals surface area contributed by atoms with Gasteiger partial charge in [0.15, 0.2) is 0 Å². The van der Waals surface area contributed by atoms with E-state index < -0.39 is 0 Å². The van der Waals surface area contributed by atoms with Crippen molar-refractivity contribution in [3.63, 3.8) is 0 Å². The molecule has 0 amide bonds.